The van der Waals surface area contributed by atoms with Crippen LogP contribution in [0.2, 0.25) is 15.1 Å². The Morgan fingerprint density at radius 2 is 1.62 bits per heavy atom. The Morgan fingerprint density at radius 3 is 2.26 bits per heavy atom. The average Bonchev–Trinajstić information content (AvgIpc) is 3.36. The lowest BCUT2D eigenvalue weighted by Crippen LogP contribution is -2.27. The maximum absolute atomic E-state index is 14.1. The van der Waals surface area contributed by atoms with Crippen LogP contribution in [0.3, 0.4) is 0 Å². The summed E-state index contributed by atoms with van der Waals surface area (Å²) < 4.78 is 12.8. The van der Waals surface area contributed by atoms with Crippen molar-refractivity contribution in [3.63, 3.8) is 0 Å². The lowest BCUT2D eigenvalue weighted by Gasteiger charge is -2.19. The SMILES string of the molecule is CN(C(=O)c1cc(NC(=O)[C@@H]2[C@@H](c3cc(Cl)cc(Cl)c3)C2(Cl)Cl)ccc1Cl)c1ccccc1F. The zero-order chi connectivity index (χ0) is 24.8. The molecule has 0 aliphatic heterocycles. The summed E-state index contributed by atoms with van der Waals surface area (Å²) in [5.74, 6) is -2.85. The summed E-state index contributed by atoms with van der Waals surface area (Å²) in [4.78, 5) is 27.1. The van der Waals surface area contributed by atoms with Gasteiger partial charge in [-0.3, -0.25) is 9.59 Å². The van der Waals surface area contributed by atoms with Gasteiger partial charge in [-0.2, -0.15) is 0 Å². The van der Waals surface area contributed by atoms with Gasteiger partial charge < -0.3 is 10.2 Å². The molecule has 0 radical (unpaired) electrons. The van der Waals surface area contributed by atoms with Crippen LogP contribution in [0, 0.1) is 11.7 Å². The number of anilines is 2. The zero-order valence-electron chi connectivity index (χ0n) is 17.5. The van der Waals surface area contributed by atoms with Crippen molar-refractivity contribution in [3.05, 3.63) is 92.7 Å². The largest absolute Gasteiger partial charge is 0.326 e. The van der Waals surface area contributed by atoms with Gasteiger partial charge in [-0.15, -0.1) is 23.2 Å². The molecule has 1 aliphatic carbocycles. The quantitative estimate of drug-likeness (QED) is 0.327. The van der Waals surface area contributed by atoms with Crippen molar-refractivity contribution >= 4 is 81.2 Å². The Kier molecular flexibility index (Phi) is 7.05. The van der Waals surface area contributed by atoms with Gasteiger partial charge in [0.05, 0.1) is 22.2 Å². The number of carbonyl (C=O) groups excluding carboxylic acids is 2. The highest BCUT2D eigenvalue weighted by Gasteiger charge is 2.67. The summed E-state index contributed by atoms with van der Waals surface area (Å²) in [7, 11) is 1.43. The summed E-state index contributed by atoms with van der Waals surface area (Å²) in [6, 6.07) is 15.2. The Hall–Kier alpha value is -2.02. The van der Waals surface area contributed by atoms with Crippen molar-refractivity contribution in [2.75, 3.05) is 17.3 Å². The summed E-state index contributed by atoms with van der Waals surface area (Å²) >= 11 is 31.2. The van der Waals surface area contributed by atoms with Crippen LogP contribution in [0.4, 0.5) is 15.8 Å². The van der Waals surface area contributed by atoms with Crippen molar-refractivity contribution in [2.45, 2.75) is 10.3 Å². The van der Waals surface area contributed by atoms with Crippen LogP contribution in [0.15, 0.2) is 60.7 Å². The van der Waals surface area contributed by atoms with E-state index < -0.39 is 33.8 Å². The van der Waals surface area contributed by atoms with Gasteiger partial charge in [0.1, 0.15) is 10.2 Å². The molecule has 2 atom stereocenters. The Bertz CT molecular complexity index is 1280. The molecule has 1 aliphatic rings. The van der Waals surface area contributed by atoms with E-state index in [4.69, 9.17) is 58.0 Å². The lowest BCUT2D eigenvalue weighted by atomic mass is 10.1. The van der Waals surface area contributed by atoms with Gasteiger partial charge in [0, 0.05) is 28.7 Å². The molecule has 1 fully saturated rings. The van der Waals surface area contributed by atoms with Crippen LogP contribution in [0.5, 0.6) is 0 Å². The second-order valence-corrected chi connectivity index (χ2v) is 10.6. The number of para-hydroxylation sites is 1. The number of hydrogen-bond donors (Lipinski definition) is 1. The van der Waals surface area contributed by atoms with Crippen LogP contribution >= 0.6 is 58.0 Å². The fraction of sp³-hybridized carbons (Fsp3) is 0.167. The first-order valence-electron chi connectivity index (χ1n) is 9.97. The number of alkyl halides is 2. The molecular formula is C24H16Cl5FN2O2. The highest BCUT2D eigenvalue weighted by atomic mass is 35.5. The van der Waals surface area contributed by atoms with E-state index in [-0.39, 0.29) is 16.3 Å². The molecule has 1 saturated carbocycles. The van der Waals surface area contributed by atoms with E-state index in [1.165, 1.54) is 43.4 Å². The molecule has 1 N–H and O–H groups in total. The van der Waals surface area contributed by atoms with Crippen molar-refractivity contribution in [1.82, 2.24) is 0 Å². The van der Waals surface area contributed by atoms with Crippen LogP contribution in [-0.2, 0) is 4.79 Å². The fourth-order valence-electron chi connectivity index (χ4n) is 3.82. The van der Waals surface area contributed by atoms with Crippen LogP contribution < -0.4 is 10.2 Å². The molecule has 176 valence electrons. The van der Waals surface area contributed by atoms with E-state index >= 15 is 0 Å². The van der Waals surface area contributed by atoms with Gasteiger partial charge in [0.25, 0.3) is 5.91 Å². The second-order valence-electron chi connectivity index (χ2n) is 7.83. The normalized spacial score (nSPS) is 18.3. The molecule has 10 heteroatoms. The lowest BCUT2D eigenvalue weighted by molar-refractivity contribution is -0.117. The smallest absolute Gasteiger partial charge is 0.259 e. The minimum Gasteiger partial charge on any atom is -0.326 e. The maximum atomic E-state index is 14.1. The molecule has 3 aromatic carbocycles. The minimum atomic E-state index is -1.35. The molecule has 4 rings (SSSR count). The number of halogens is 6. The molecule has 0 heterocycles. The Morgan fingerprint density at radius 1 is 0.971 bits per heavy atom. The van der Waals surface area contributed by atoms with Crippen LogP contribution in [-0.4, -0.2) is 23.2 Å². The number of nitrogens with one attached hydrogen (secondary N) is 1. The van der Waals surface area contributed by atoms with Gasteiger partial charge >= 0.3 is 0 Å². The third kappa shape index (κ3) is 4.86. The molecule has 0 aromatic heterocycles. The molecular weight excluding hydrogens is 545 g/mol. The van der Waals surface area contributed by atoms with E-state index in [1.807, 2.05) is 0 Å². The summed E-state index contributed by atoms with van der Waals surface area (Å²) in [6.45, 7) is 0. The highest BCUT2D eigenvalue weighted by Crippen LogP contribution is 2.65. The average molecular weight is 561 g/mol. The molecule has 0 bridgehead atoms. The number of benzene rings is 3. The van der Waals surface area contributed by atoms with Crippen LogP contribution in [0.25, 0.3) is 0 Å². The standard InChI is InChI=1S/C24H16Cl5FN2O2/c1-32(19-5-3-2-4-18(19)30)23(34)16-11-15(6-7-17(16)27)31-22(33)21-20(24(21,28)29)12-8-13(25)10-14(26)9-12/h2-11,20-21H,1H3,(H,31,33)/t20-,21+/m1/s1. The first kappa shape index (κ1) is 25.1. The Balaban J connectivity index is 1.55. The second kappa shape index (κ2) is 9.56. The van der Waals surface area contributed by atoms with Gasteiger partial charge in [0.2, 0.25) is 5.91 Å². The third-order valence-corrected chi connectivity index (χ3v) is 7.27. The van der Waals surface area contributed by atoms with E-state index in [2.05, 4.69) is 5.32 Å². The summed E-state index contributed by atoms with van der Waals surface area (Å²) in [6.07, 6.45) is 0. The van der Waals surface area contributed by atoms with E-state index in [9.17, 15) is 14.0 Å². The number of amides is 2. The first-order valence-corrected chi connectivity index (χ1v) is 11.9. The number of nitrogens with zero attached hydrogens (tertiary/aromatic N) is 1. The van der Waals surface area contributed by atoms with Crippen molar-refractivity contribution in [1.29, 1.82) is 0 Å². The molecule has 0 unspecified atom stereocenters. The van der Waals surface area contributed by atoms with Gasteiger partial charge in [-0.1, -0.05) is 46.9 Å². The monoisotopic (exact) mass is 558 g/mol. The fourth-order valence-corrected chi connectivity index (χ4v) is 5.39. The molecule has 0 spiro atoms. The zero-order valence-corrected chi connectivity index (χ0v) is 21.2. The van der Waals surface area contributed by atoms with E-state index in [1.54, 1.807) is 24.3 Å². The predicted molar refractivity (Wildman–Crippen MR) is 136 cm³/mol. The molecule has 0 saturated heterocycles. The van der Waals surface area contributed by atoms with Gasteiger partial charge in [-0.25, -0.2) is 4.39 Å². The van der Waals surface area contributed by atoms with E-state index in [0.717, 1.165) is 4.90 Å². The van der Waals surface area contributed by atoms with Crippen molar-refractivity contribution in [2.24, 2.45) is 5.92 Å². The van der Waals surface area contributed by atoms with Crippen LogP contribution in [0.1, 0.15) is 21.8 Å². The minimum absolute atomic E-state index is 0.0854. The first-order chi connectivity index (χ1) is 16.0. The predicted octanol–water partition coefficient (Wildman–Crippen LogP) is 7.59. The number of rotatable bonds is 5. The maximum Gasteiger partial charge on any atom is 0.259 e. The third-order valence-electron chi connectivity index (χ3n) is 5.56. The summed E-state index contributed by atoms with van der Waals surface area (Å²) in [5, 5.41) is 3.67. The Labute approximate surface area is 220 Å². The molecule has 4 nitrogen and oxygen atoms in total. The summed E-state index contributed by atoms with van der Waals surface area (Å²) in [5.41, 5.74) is 1.12. The van der Waals surface area contributed by atoms with E-state index in [0.29, 0.717) is 21.3 Å². The molecule has 2 amide bonds. The topological polar surface area (TPSA) is 49.4 Å². The van der Waals surface area contributed by atoms with Crippen molar-refractivity contribution in [3.8, 4) is 0 Å². The van der Waals surface area contributed by atoms with Crippen molar-refractivity contribution < 1.29 is 14.0 Å². The number of carbonyl (C=O) groups is 2. The highest BCUT2D eigenvalue weighted by molar-refractivity contribution is 6.53. The number of hydrogen-bond acceptors (Lipinski definition) is 2. The molecule has 34 heavy (non-hydrogen) atoms. The molecule has 3 aromatic rings. The van der Waals surface area contributed by atoms with Gasteiger partial charge in [0.15, 0.2) is 0 Å². The van der Waals surface area contributed by atoms with Gasteiger partial charge in [-0.05, 0) is 54.1 Å².